The Hall–Kier alpha value is -1.65. The monoisotopic (exact) mass is 366 g/mol. The van der Waals surface area contributed by atoms with Crippen LogP contribution in [0.3, 0.4) is 0 Å². The fraction of sp³-hybridized carbons (Fsp3) is 0.0625. The third-order valence-corrected chi connectivity index (χ3v) is 4.06. The van der Waals surface area contributed by atoms with E-state index in [-0.39, 0.29) is 5.58 Å². The molecule has 0 spiro atoms. The van der Waals surface area contributed by atoms with Gasteiger partial charge >= 0.3 is 5.63 Å². The van der Waals surface area contributed by atoms with Gasteiger partial charge in [-0.1, -0.05) is 39.7 Å². The predicted octanol–water partition coefficient (Wildman–Crippen LogP) is 5.15. The molecule has 0 radical (unpaired) electrons. The van der Waals surface area contributed by atoms with Crippen LogP contribution in [-0.2, 0) is 5.33 Å². The van der Waals surface area contributed by atoms with Crippen LogP contribution in [0.1, 0.15) is 5.56 Å². The van der Waals surface area contributed by atoms with E-state index in [9.17, 15) is 9.18 Å². The van der Waals surface area contributed by atoms with Gasteiger partial charge in [0.15, 0.2) is 0 Å². The number of alkyl halides is 1. The van der Waals surface area contributed by atoms with Crippen molar-refractivity contribution in [3.63, 3.8) is 0 Å². The van der Waals surface area contributed by atoms with E-state index in [1.807, 2.05) is 0 Å². The number of hydrogen-bond acceptors (Lipinski definition) is 2. The second-order valence-corrected chi connectivity index (χ2v) is 5.52. The van der Waals surface area contributed by atoms with Gasteiger partial charge in [-0.2, -0.15) is 0 Å². The molecule has 0 saturated heterocycles. The first-order valence-electron chi connectivity index (χ1n) is 6.17. The summed E-state index contributed by atoms with van der Waals surface area (Å²) in [5, 5.41) is 1.75. The van der Waals surface area contributed by atoms with E-state index in [4.69, 9.17) is 16.0 Å². The zero-order valence-corrected chi connectivity index (χ0v) is 13.0. The Bertz CT molecular complexity index is 872. The van der Waals surface area contributed by atoms with Gasteiger partial charge < -0.3 is 4.42 Å². The van der Waals surface area contributed by atoms with Gasteiger partial charge in [0.05, 0.1) is 5.56 Å². The fourth-order valence-electron chi connectivity index (χ4n) is 2.29. The number of fused-ring (bicyclic) bond motifs is 1. The third kappa shape index (κ3) is 2.61. The Balaban J connectivity index is 2.37. The van der Waals surface area contributed by atoms with E-state index in [0.717, 1.165) is 5.56 Å². The van der Waals surface area contributed by atoms with Crippen molar-refractivity contribution in [1.82, 2.24) is 0 Å². The molecule has 3 rings (SSSR count). The minimum absolute atomic E-state index is 0.243. The van der Waals surface area contributed by atoms with Gasteiger partial charge in [-0.3, -0.25) is 0 Å². The van der Waals surface area contributed by atoms with Gasteiger partial charge in [0.2, 0.25) is 0 Å². The Kier molecular flexibility index (Phi) is 3.83. The Morgan fingerprint density at radius 2 is 1.86 bits per heavy atom. The van der Waals surface area contributed by atoms with Crippen LogP contribution in [0.25, 0.3) is 22.1 Å². The summed E-state index contributed by atoms with van der Waals surface area (Å²) in [6, 6.07) is 11.1. The number of benzene rings is 2. The van der Waals surface area contributed by atoms with Crippen LogP contribution in [0.4, 0.5) is 4.39 Å². The maximum atomic E-state index is 13.3. The zero-order chi connectivity index (χ0) is 15.0. The van der Waals surface area contributed by atoms with Crippen LogP contribution in [0, 0.1) is 5.82 Å². The maximum absolute atomic E-state index is 13.3. The Labute approximate surface area is 133 Å². The van der Waals surface area contributed by atoms with Crippen molar-refractivity contribution in [2.24, 2.45) is 0 Å². The molecule has 0 atom stereocenters. The standard InChI is InChI=1S/C16H9BrClFO2/c17-8-13-12-6-5-11(19)7-14(12)21-16(20)15(13)9-1-3-10(18)4-2-9/h1-7H,8H2. The van der Waals surface area contributed by atoms with Crippen LogP contribution < -0.4 is 5.63 Å². The summed E-state index contributed by atoms with van der Waals surface area (Å²) in [7, 11) is 0. The largest absolute Gasteiger partial charge is 0.422 e. The molecule has 21 heavy (non-hydrogen) atoms. The van der Waals surface area contributed by atoms with Crippen LogP contribution in [0.5, 0.6) is 0 Å². The lowest BCUT2D eigenvalue weighted by atomic mass is 10.00. The molecular weight excluding hydrogens is 359 g/mol. The summed E-state index contributed by atoms with van der Waals surface area (Å²) in [6.07, 6.45) is 0. The Morgan fingerprint density at radius 3 is 2.52 bits per heavy atom. The molecule has 2 aromatic carbocycles. The molecule has 0 bridgehead atoms. The van der Waals surface area contributed by atoms with Crippen molar-refractivity contribution in [1.29, 1.82) is 0 Å². The average molecular weight is 368 g/mol. The first-order valence-corrected chi connectivity index (χ1v) is 7.67. The molecule has 106 valence electrons. The molecule has 0 unspecified atom stereocenters. The highest BCUT2D eigenvalue weighted by Crippen LogP contribution is 2.30. The van der Waals surface area contributed by atoms with E-state index in [0.29, 0.717) is 26.9 Å². The lowest BCUT2D eigenvalue weighted by Crippen LogP contribution is -2.07. The summed E-state index contributed by atoms with van der Waals surface area (Å²) in [5.41, 5.74) is 1.69. The highest BCUT2D eigenvalue weighted by molar-refractivity contribution is 9.08. The normalized spacial score (nSPS) is 11.0. The van der Waals surface area contributed by atoms with E-state index in [1.54, 1.807) is 30.3 Å². The summed E-state index contributed by atoms with van der Waals surface area (Å²) in [4.78, 5) is 12.3. The molecule has 5 heteroatoms. The van der Waals surface area contributed by atoms with Crippen molar-refractivity contribution in [3.05, 3.63) is 69.3 Å². The molecule has 0 N–H and O–H groups in total. The van der Waals surface area contributed by atoms with Gasteiger partial charge in [0, 0.05) is 21.8 Å². The minimum Gasteiger partial charge on any atom is -0.422 e. The van der Waals surface area contributed by atoms with Crippen molar-refractivity contribution in [3.8, 4) is 11.1 Å². The van der Waals surface area contributed by atoms with Crippen LogP contribution in [0.15, 0.2) is 51.7 Å². The van der Waals surface area contributed by atoms with Gasteiger partial charge in [-0.15, -0.1) is 0 Å². The molecular formula is C16H9BrClFO2. The van der Waals surface area contributed by atoms with Crippen LogP contribution in [0.2, 0.25) is 5.02 Å². The smallest absolute Gasteiger partial charge is 0.344 e. The van der Waals surface area contributed by atoms with Gasteiger partial charge in [0.25, 0.3) is 0 Å². The Morgan fingerprint density at radius 1 is 1.14 bits per heavy atom. The van der Waals surface area contributed by atoms with E-state index >= 15 is 0 Å². The number of halogens is 3. The topological polar surface area (TPSA) is 30.2 Å². The summed E-state index contributed by atoms with van der Waals surface area (Å²) in [6.45, 7) is 0. The lowest BCUT2D eigenvalue weighted by Gasteiger charge is -2.09. The number of rotatable bonds is 2. The van der Waals surface area contributed by atoms with Crippen molar-refractivity contribution < 1.29 is 8.81 Å². The quantitative estimate of drug-likeness (QED) is 0.463. The van der Waals surface area contributed by atoms with E-state index in [2.05, 4.69) is 15.9 Å². The predicted molar refractivity (Wildman–Crippen MR) is 85.5 cm³/mol. The third-order valence-electron chi connectivity index (χ3n) is 3.24. The molecule has 0 aliphatic carbocycles. The lowest BCUT2D eigenvalue weighted by molar-refractivity contribution is 0.555. The van der Waals surface area contributed by atoms with Crippen LogP contribution >= 0.6 is 27.5 Å². The first-order chi connectivity index (χ1) is 10.1. The minimum atomic E-state index is -0.495. The summed E-state index contributed by atoms with van der Waals surface area (Å²) >= 11 is 9.27. The van der Waals surface area contributed by atoms with Gasteiger partial charge in [-0.05, 0) is 35.4 Å². The van der Waals surface area contributed by atoms with E-state index in [1.165, 1.54) is 12.1 Å². The van der Waals surface area contributed by atoms with E-state index < -0.39 is 11.4 Å². The highest BCUT2D eigenvalue weighted by Gasteiger charge is 2.16. The second-order valence-electron chi connectivity index (χ2n) is 4.52. The maximum Gasteiger partial charge on any atom is 0.344 e. The molecule has 0 aliphatic rings. The first kappa shape index (κ1) is 14.3. The number of hydrogen-bond donors (Lipinski definition) is 0. The zero-order valence-electron chi connectivity index (χ0n) is 10.7. The summed E-state index contributed by atoms with van der Waals surface area (Å²) in [5.74, 6) is -0.439. The molecule has 0 aliphatic heterocycles. The van der Waals surface area contributed by atoms with Gasteiger partial charge in [0.1, 0.15) is 11.4 Å². The molecule has 1 heterocycles. The highest BCUT2D eigenvalue weighted by atomic mass is 79.9. The second kappa shape index (κ2) is 5.62. The molecule has 0 amide bonds. The fourth-order valence-corrected chi connectivity index (χ4v) is 2.99. The van der Waals surface area contributed by atoms with Crippen molar-refractivity contribution in [2.45, 2.75) is 5.33 Å². The summed E-state index contributed by atoms with van der Waals surface area (Å²) < 4.78 is 18.5. The molecule has 3 aromatic rings. The molecule has 0 saturated carbocycles. The SMILES string of the molecule is O=c1oc2cc(F)ccc2c(CBr)c1-c1ccc(Cl)cc1. The van der Waals surface area contributed by atoms with Crippen LogP contribution in [-0.4, -0.2) is 0 Å². The van der Waals surface area contributed by atoms with Gasteiger partial charge in [-0.25, -0.2) is 9.18 Å². The molecule has 2 nitrogen and oxygen atoms in total. The molecule has 1 aromatic heterocycles. The van der Waals surface area contributed by atoms with Crippen molar-refractivity contribution >= 4 is 38.5 Å². The average Bonchev–Trinajstić information content (AvgIpc) is 2.46. The molecule has 0 fully saturated rings. The van der Waals surface area contributed by atoms with Crippen molar-refractivity contribution in [2.75, 3.05) is 0 Å².